The Bertz CT molecular complexity index is 595. The number of hydrogen-bond acceptors (Lipinski definition) is 3. The molecule has 0 aromatic carbocycles. The van der Waals surface area contributed by atoms with E-state index >= 15 is 0 Å². The Morgan fingerprint density at radius 1 is 0.960 bits per heavy atom. The van der Waals surface area contributed by atoms with Gasteiger partial charge in [0.1, 0.15) is 17.2 Å². The van der Waals surface area contributed by atoms with Gasteiger partial charge in [0.05, 0.1) is 5.69 Å². The van der Waals surface area contributed by atoms with Gasteiger partial charge in [0, 0.05) is 12.0 Å². The van der Waals surface area contributed by atoms with Crippen molar-refractivity contribution in [3.8, 4) is 0 Å². The predicted octanol–water partition coefficient (Wildman–Crippen LogP) is 5.24. The van der Waals surface area contributed by atoms with Gasteiger partial charge >= 0.3 is 18.0 Å². The van der Waals surface area contributed by atoms with E-state index in [4.69, 9.17) is 11.6 Å². The van der Waals surface area contributed by atoms with E-state index < -0.39 is 42.8 Å². The second-order valence-corrected chi connectivity index (χ2v) is 6.40. The molecule has 0 amide bonds. The molecule has 0 saturated heterocycles. The highest BCUT2D eigenvalue weighted by Gasteiger charge is 2.75. The molecule has 0 aliphatic heterocycles. The van der Waals surface area contributed by atoms with Crippen molar-refractivity contribution in [2.45, 2.75) is 56.7 Å². The van der Waals surface area contributed by atoms with Crippen molar-refractivity contribution in [2.24, 2.45) is 5.92 Å². The van der Waals surface area contributed by atoms with Crippen LogP contribution in [0.3, 0.4) is 0 Å². The lowest BCUT2D eigenvalue weighted by Crippen LogP contribution is -2.59. The van der Waals surface area contributed by atoms with Gasteiger partial charge in [-0.25, -0.2) is 14.4 Å². The number of alkyl halides is 7. The van der Waals surface area contributed by atoms with Crippen LogP contribution in [0.1, 0.15) is 31.4 Å². The Balaban J connectivity index is 2.09. The minimum atomic E-state index is -6.01. The van der Waals surface area contributed by atoms with Crippen LogP contribution >= 0.6 is 11.6 Å². The predicted molar refractivity (Wildman–Crippen MR) is 77.1 cm³/mol. The van der Waals surface area contributed by atoms with Gasteiger partial charge in [-0.2, -0.15) is 26.3 Å². The number of aryl methyl sites for hydroxylation is 1. The van der Waals surface area contributed by atoms with Crippen LogP contribution in [-0.2, 0) is 0 Å². The summed E-state index contributed by atoms with van der Waals surface area (Å²) in [5.41, 5.74) is -4.72. The summed E-state index contributed by atoms with van der Waals surface area (Å²) in [5, 5.41) is 3.09. The second kappa shape index (κ2) is 6.77. The van der Waals surface area contributed by atoms with E-state index in [1.807, 2.05) is 0 Å². The topological polar surface area (TPSA) is 37.8 Å². The monoisotopic (exact) mass is 393 g/mol. The van der Waals surface area contributed by atoms with E-state index in [0.29, 0.717) is 5.69 Å². The average molecular weight is 394 g/mol. The molecule has 0 unspecified atom stereocenters. The molecule has 1 heterocycles. The minimum absolute atomic E-state index is 0.0676. The van der Waals surface area contributed by atoms with Gasteiger partial charge in [0.25, 0.3) is 0 Å². The number of rotatable bonds is 3. The number of nitrogens with zero attached hydrogens (tertiary/aromatic N) is 2. The molecule has 1 N–H and O–H groups in total. The highest BCUT2D eigenvalue weighted by atomic mass is 35.5. The Morgan fingerprint density at radius 2 is 1.48 bits per heavy atom. The SMILES string of the molecule is Cc1ncnc(NC2CCC(C(F)(C(F)(F)F)C(F)(F)F)CC2)c1Cl. The van der Waals surface area contributed by atoms with E-state index in [1.54, 1.807) is 6.92 Å². The Labute approximate surface area is 144 Å². The molecule has 1 saturated carbocycles. The number of halogens is 8. The maximum atomic E-state index is 14.1. The molecule has 3 nitrogen and oxygen atoms in total. The van der Waals surface area contributed by atoms with Gasteiger partial charge < -0.3 is 5.32 Å². The molecule has 1 aromatic rings. The number of aromatic nitrogens is 2. The second-order valence-electron chi connectivity index (χ2n) is 6.02. The average Bonchev–Trinajstić information content (AvgIpc) is 2.49. The smallest absolute Gasteiger partial charge is 0.366 e. The van der Waals surface area contributed by atoms with Gasteiger partial charge in [0.2, 0.25) is 0 Å². The summed E-state index contributed by atoms with van der Waals surface area (Å²) in [6.07, 6.45) is -12.0. The van der Waals surface area contributed by atoms with Crippen molar-refractivity contribution in [3.63, 3.8) is 0 Å². The first-order valence-electron chi connectivity index (χ1n) is 7.44. The summed E-state index contributed by atoms with van der Waals surface area (Å²) in [4.78, 5) is 7.74. The first-order chi connectivity index (χ1) is 11.4. The molecule has 25 heavy (non-hydrogen) atoms. The zero-order valence-electron chi connectivity index (χ0n) is 13.0. The number of hydrogen-bond donors (Lipinski definition) is 1. The van der Waals surface area contributed by atoms with E-state index in [9.17, 15) is 30.7 Å². The highest BCUT2D eigenvalue weighted by molar-refractivity contribution is 6.33. The maximum absolute atomic E-state index is 14.1. The van der Waals surface area contributed by atoms with Gasteiger partial charge in [-0.1, -0.05) is 11.6 Å². The molecule has 0 bridgehead atoms. The summed E-state index contributed by atoms with van der Waals surface area (Å²) in [6, 6.07) is -0.450. The highest BCUT2D eigenvalue weighted by Crippen LogP contribution is 2.54. The van der Waals surface area contributed by atoms with Crippen molar-refractivity contribution >= 4 is 17.4 Å². The lowest BCUT2D eigenvalue weighted by atomic mass is 9.75. The molecular weight excluding hydrogens is 379 g/mol. The van der Waals surface area contributed by atoms with Gasteiger partial charge in [-0.15, -0.1) is 0 Å². The Kier molecular flexibility index (Phi) is 5.42. The standard InChI is InChI=1S/C14H15ClF7N3/c1-7-10(15)11(24-6-23-7)25-9-4-2-8(3-5-9)12(16,13(17,18)19)14(20,21)22/h6,8-9H,2-5H2,1H3,(H,23,24,25). The zero-order chi connectivity index (χ0) is 19.0. The third kappa shape index (κ3) is 3.78. The van der Waals surface area contributed by atoms with E-state index in [-0.39, 0.29) is 23.7 Å². The van der Waals surface area contributed by atoms with Crippen LogP contribution in [0, 0.1) is 12.8 Å². The summed E-state index contributed by atoms with van der Waals surface area (Å²) >= 11 is 5.99. The molecule has 1 aliphatic rings. The lowest BCUT2D eigenvalue weighted by molar-refractivity contribution is -0.360. The normalized spacial score (nSPS) is 22.8. The molecular formula is C14H15ClF7N3. The third-order valence-corrected chi connectivity index (χ3v) is 4.87. The fraction of sp³-hybridized carbons (Fsp3) is 0.714. The Morgan fingerprint density at radius 3 is 1.96 bits per heavy atom. The van der Waals surface area contributed by atoms with Gasteiger partial charge in [-0.3, -0.25) is 0 Å². The largest absolute Gasteiger partial charge is 0.431 e. The van der Waals surface area contributed by atoms with Crippen molar-refractivity contribution in [1.29, 1.82) is 0 Å². The molecule has 142 valence electrons. The maximum Gasteiger partial charge on any atom is 0.431 e. The summed E-state index contributed by atoms with van der Waals surface area (Å²) in [6.45, 7) is 1.62. The molecule has 11 heteroatoms. The lowest BCUT2D eigenvalue weighted by Gasteiger charge is -2.40. The quantitative estimate of drug-likeness (QED) is 0.713. The summed E-state index contributed by atoms with van der Waals surface area (Å²) in [7, 11) is 0. The molecule has 1 aromatic heterocycles. The number of anilines is 1. The zero-order valence-corrected chi connectivity index (χ0v) is 13.7. The van der Waals surface area contributed by atoms with Gasteiger partial charge in [0.15, 0.2) is 0 Å². The van der Waals surface area contributed by atoms with E-state index in [0.717, 1.165) is 0 Å². The van der Waals surface area contributed by atoms with Crippen LogP contribution in [0.2, 0.25) is 5.02 Å². The summed E-state index contributed by atoms with van der Waals surface area (Å²) in [5.74, 6) is -1.93. The summed E-state index contributed by atoms with van der Waals surface area (Å²) < 4.78 is 90.7. The molecule has 1 aliphatic carbocycles. The Hall–Kier alpha value is -1.32. The van der Waals surface area contributed by atoms with Crippen LogP contribution < -0.4 is 5.32 Å². The molecule has 0 spiro atoms. The molecule has 0 atom stereocenters. The van der Waals surface area contributed by atoms with Crippen molar-refractivity contribution < 1.29 is 30.7 Å². The fourth-order valence-electron chi connectivity index (χ4n) is 3.01. The van der Waals surface area contributed by atoms with Crippen LogP contribution in [-0.4, -0.2) is 34.0 Å². The molecule has 2 rings (SSSR count). The number of nitrogens with one attached hydrogen (secondary N) is 1. The fourth-order valence-corrected chi connectivity index (χ4v) is 3.16. The van der Waals surface area contributed by atoms with E-state index in [1.165, 1.54) is 6.33 Å². The van der Waals surface area contributed by atoms with Gasteiger partial charge in [-0.05, 0) is 32.6 Å². The van der Waals surface area contributed by atoms with E-state index in [2.05, 4.69) is 15.3 Å². The van der Waals surface area contributed by atoms with Crippen molar-refractivity contribution in [2.75, 3.05) is 5.32 Å². The van der Waals surface area contributed by atoms with Crippen LogP contribution in [0.4, 0.5) is 36.6 Å². The van der Waals surface area contributed by atoms with Crippen molar-refractivity contribution in [1.82, 2.24) is 9.97 Å². The van der Waals surface area contributed by atoms with Crippen LogP contribution in [0.5, 0.6) is 0 Å². The third-order valence-electron chi connectivity index (χ3n) is 4.42. The molecule has 1 fully saturated rings. The van der Waals surface area contributed by atoms with Crippen LogP contribution in [0.25, 0.3) is 0 Å². The van der Waals surface area contributed by atoms with Crippen LogP contribution in [0.15, 0.2) is 6.33 Å². The van der Waals surface area contributed by atoms with Crippen molar-refractivity contribution in [3.05, 3.63) is 17.0 Å². The minimum Gasteiger partial charge on any atom is -0.366 e. The first kappa shape index (κ1) is 20.0. The first-order valence-corrected chi connectivity index (χ1v) is 7.81. The molecule has 0 radical (unpaired) electrons.